The maximum atomic E-state index is 14.8. The van der Waals surface area contributed by atoms with Gasteiger partial charge in [0.2, 0.25) is 0 Å². The molecule has 1 atom stereocenters. The molecule has 0 bridgehead atoms. The number of nitrogens with zero attached hydrogens (tertiary/aromatic N) is 4. The first kappa shape index (κ1) is 35.0. The fourth-order valence-electron chi connectivity index (χ4n) is 5.34. The fourth-order valence-corrected chi connectivity index (χ4v) is 5.63. The molecule has 14 heteroatoms. The molecule has 254 valence electrons. The summed E-state index contributed by atoms with van der Waals surface area (Å²) in [5.41, 5.74) is 5.33. The van der Waals surface area contributed by atoms with Crippen LogP contribution in [0, 0.1) is 18.3 Å². The number of benzene rings is 3. The molecule has 2 aromatic heterocycles. The van der Waals surface area contributed by atoms with Gasteiger partial charge in [0.25, 0.3) is 5.56 Å². The summed E-state index contributed by atoms with van der Waals surface area (Å²) >= 11 is 6.82. The van der Waals surface area contributed by atoms with Crippen LogP contribution in [0.25, 0.3) is 22.2 Å². The van der Waals surface area contributed by atoms with E-state index in [1.165, 1.54) is 19.1 Å². The van der Waals surface area contributed by atoms with Gasteiger partial charge in [-0.15, -0.1) is 0 Å². The first-order chi connectivity index (χ1) is 23.4. The maximum Gasteiger partial charge on any atom is 0.418 e. The minimum atomic E-state index is -4.84. The van der Waals surface area contributed by atoms with E-state index in [4.69, 9.17) is 36.8 Å². The van der Waals surface area contributed by atoms with Crippen molar-refractivity contribution in [3.8, 4) is 34.6 Å². The quantitative estimate of drug-likeness (QED) is 0.144. The van der Waals surface area contributed by atoms with Crippen LogP contribution in [0.3, 0.4) is 0 Å². The van der Waals surface area contributed by atoms with Crippen molar-refractivity contribution in [2.24, 2.45) is 5.73 Å². The molecular formula is C35H32ClF3N6O4. The van der Waals surface area contributed by atoms with Gasteiger partial charge in [0.15, 0.2) is 5.75 Å². The van der Waals surface area contributed by atoms with Gasteiger partial charge in [-0.2, -0.15) is 18.4 Å². The van der Waals surface area contributed by atoms with Crippen LogP contribution in [0.4, 0.5) is 19.0 Å². The number of ether oxygens (including phenoxy) is 3. The Kier molecular flexibility index (Phi) is 10.6. The van der Waals surface area contributed by atoms with Crippen LogP contribution in [0.15, 0.2) is 71.8 Å². The summed E-state index contributed by atoms with van der Waals surface area (Å²) in [6.07, 6.45) is -3.78. The molecule has 3 aromatic carbocycles. The highest BCUT2D eigenvalue weighted by molar-refractivity contribution is 6.36. The van der Waals surface area contributed by atoms with Gasteiger partial charge < -0.3 is 29.8 Å². The van der Waals surface area contributed by atoms with E-state index < -0.39 is 29.0 Å². The zero-order valence-electron chi connectivity index (χ0n) is 26.8. The summed E-state index contributed by atoms with van der Waals surface area (Å²) in [5, 5.41) is 8.66. The van der Waals surface area contributed by atoms with Crippen molar-refractivity contribution >= 4 is 28.3 Å². The predicted octanol–water partition coefficient (Wildman–Crippen LogP) is 6.81. The molecular weight excluding hydrogens is 661 g/mol. The Morgan fingerprint density at radius 1 is 1.02 bits per heavy atom. The minimum absolute atomic E-state index is 0.0262. The standard InChI is InChI=1S/C35H32ClF3N6O4/c1-20-14-28(45(16-21-4-8-24(47-2)9-5-21)17-22-6-10-25(48-3)11-7-22)44-32(30(20)35(37,38)39)26-15-27-29(34(46)43-19-42-27)33(31(26)36)49-18-23(41)12-13-40/h4-11,14-15,19,23H,12,16-18,41H2,1-3H3,(H,42,43,46). The van der Waals surface area contributed by atoms with E-state index in [2.05, 4.69) is 15.0 Å². The van der Waals surface area contributed by atoms with E-state index in [0.29, 0.717) is 11.5 Å². The molecule has 0 fully saturated rings. The second kappa shape index (κ2) is 14.8. The lowest BCUT2D eigenvalue weighted by molar-refractivity contribution is -0.137. The first-order valence-corrected chi connectivity index (χ1v) is 15.4. The Hall–Kier alpha value is -5.32. The number of halogens is 4. The number of aryl methyl sites for hydroxylation is 1. The lowest BCUT2D eigenvalue weighted by Gasteiger charge is -2.27. The largest absolute Gasteiger partial charge is 0.497 e. The third-order valence-corrected chi connectivity index (χ3v) is 8.13. The number of H-pyrrole nitrogens is 1. The Bertz CT molecular complexity index is 2000. The Balaban J connectivity index is 1.71. The number of hydrogen-bond acceptors (Lipinski definition) is 9. The van der Waals surface area contributed by atoms with E-state index in [1.807, 2.05) is 35.2 Å². The number of methoxy groups -OCH3 is 2. The summed E-state index contributed by atoms with van der Waals surface area (Å²) in [4.78, 5) is 26.0. The Labute approximate surface area is 284 Å². The van der Waals surface area contributed by atoms with Crippen LogP contribution in [-0.2, 0) is 19.3 Å². The number of pyridine rings is 1. The fraction of sp³-hybridized carbons (Fsp3) is 0.257. The maximum absolute atomic E-state index is 14.8. The smallest absolute Gasteiger partial charge is 0.418 e. The van der Waals surface area contributed by atoms with E-state index in [-0.39, 0.29) is 64.7 Å². The number of alkyl halides is 3. The molecule has 5 rings (SSSR count). The van der Waals surface area contributed by atoms with E-state index in [9.17, 15) is 18.0 Å². The van der Waals surface area contributed by atoms with E-state index >= 15 is 0 Å². The van der Waals surface area contributed by atoms with Gasteiger partial charge in [-0.3, -0.25) is 4.79 Å². The van der Waals surface area contributed by atoms with Gasteiger partial charge in [-0.05, 0) is 60.0 Å². The van der Waals surface area contributed by atoms with Crippen LogP contribution >= 0.6 is 11.6 Å². The van der Waals surface area contributed by atoms with Gasteiger partial charge in [-0.25, -0.2) is 9.97 Å². The van der Waals surface area contributed by atoms with Gasteiger partial charge >= 0.3 is 6.18 Å². The monoisotopic (exact) mass is 692 g/mol. The van der Waals surface area contributed by atoms with Crippen LogP contribution in [0.5, 0.6) is 17.2 Å². The summed E-state index contributed by atoms with van der Waals surface area (Å²) in [7, 11) is 3.12. The van der Waals surface area contributed by atoms with Crippen molar-refractivity contribution in [2.45, 2.75) is 38.7 Å². The molecule has 0 saturated heterocycles. The average molecular weight is 693 g/mol. The number of aromatic amines is 1. The second-order valence-electron chi connectivity index (χ2n) is 11.2. The molecule has 2 heterocycles. The summed E-state index contributed by atoms with van der Waals surface area (Å²) in [6.45, 7) is 1.67. The van der Waals surface area contributed by atoms with Crippen LogP contribution in [0.2, 0.25) is 5.02 Å². The number of nitriles is 1. The lowest BCUT2D eigenvalue weighted by Crippen LogP contribution is -2.27. The highest BCUT2D eigenvalue weighted by atomic mass is 35.5. The van der Waals surface area contributed by atoms with Crippen molar-refractivity contribution in [1.29, 1.82) is 5.26 Å². The molecule has 0 saturated carbocycles. The molecule has 49 heavy (non-hydrogen) atoms. The number of hydrogen-bond donors (Lipinski definition) is 2. The van der Waals surface area contributed by atoms with Gasteiger partial charge in [-0.1, -0.05) is 35.9 Å². The number of nitrogens with two attached hydrogens (primary N) is 1. The summed E-state index contributed by atoms with van der Waals surface area (Å²) in [5.74, 6) is 1.33. The van der Waals surface area contributed by atoms with Gasteiger partial charge in [0.1, 0.15) is 29.3 Å². The van der Waals surface area contributed by atoms with Crippen molar-refractivity contribution in [2.75, 3.05) is 25.7 Å². The molecule has 0 spiro atoms. The number of nitrogens with one attached hydrogen (secondary N) is 1. The van der Waals surface area contributed by atoms with Crippen LogP contribution in [-0.4, -0.2) is 41.8 Å². The van der Waals surface area contributed by atoms with Crippen molar-refractivity contribution in [3.05, 3.63) is 105 Å². The number of rotatable bonds is 12. The molecule has 0 aliphatic rings. The number of fused-ring (bicyclic) bond motifs is 1. The van der Waals surface area contributed by atoms with E-state index in [1.54, 1.807) is 38.5 Å². The average Bonchev–Trinajstić information content (AvgIpc) is 3.07. The number of aromatic nitrogens is 3. The SMILES string of the molecule is COc1ccc(CN(Cc2ccc(OC)cc2)c2cc(C)c(C(F)(F)F)c(-c3cc4nc[nH]c(=O)c4c(OCC(N)CC#N)c3Cl)n2)cc1. The molecule has 0 aliphatic heterocycles. The third kappa shape index (κ3) is 7.88. The van der Waals surface area contributed by atoms with Gasteiger partial charge in [0, 0.05) is 18.7 Å². The topological polar surface area (TPSA) is 139 Å². The Morgan fingerprint density at radius 2 is 1.61 bits per heavy atom. The first-order valence-electron chi connectivity index (χ1n) is 15.0. The molecule has 0 radical (unpaired) electrons. The Morgan fingerprint density at radius 3 is 2.14 bits per heavy atom. The van der Waals surface area contributed by atoms with E-state index in [0.717, 1.165) is 17.5 Å². The van der Waals surface area contributed by atoms with Crippen LogP contribution < -0.4 is 30.4 Å². The minimum Gasteiger partial charge on any atom is -0.497 e. The normalized spacial score (nSPS) is 12.0. The van der Waals surface area contributed by atoms with Gasteiger partial charge in [0.05, 0.1) is 60.9 Å². The zero-order chi connectivity index (χ0) is 35.3. The molecule has 10 nitrogen and oxygen atoms in total. The molecule has 1 unspecified atom stereocenters. The molecule has 0 aliphatic carbocycles. The highest BCUT2D eigenvalue weighted by Crippen LogP contribution is 2.46. The zero-order valence-corrected chi connectivity index (χ0v) is 27.5. The third-order valence-electron chi connectivity index (χ3n) is 7.75. The summed E-state index contributed by atoms with van der Waals surface area (Å²) < 4.78 is 60.9. The number of anilines is 1. The van der Waals surface area contributed by atoms with Crippen molar-refractivity contribution in [3.63, 3.8) is 0 Å². The molecule has 0 amide bonds. The molecule has 5 aromatic rings. The summed E-state index contributed by atoms with van der Waals surface area (Å²) in [6, 6.07) is 18.5. The second-order valence-corrected chi connectivity index (χ2v) is 11.6. The molecule has 3 N–H and O–H groups in total. The van der Waals surface area contributed by atoms with Crippen LogP contribution in [0.1, 0.15) is 28.7 Å². The lowest BCUT2D eigenvalue weighted by atomic mass is 9.99. The predicted molar refractivity (Wildman–Crippen MR) is 180 cm³/mol. The highest BCUT2D eigenvalue weighted by Gasteiger charge is 2.38. The van der Waals surface area contributed by atoms with Crippen molar-refractivity contribution < 1.29 is 27.4 Å². The van der Waals surface area contributed by atoms with Crippen molar-refractivity contribution in [1.82, 2.24) is 15.0 Å².